The first-order valence-corrected chi connectivity index (χ1v) is 7.13. The maximum absolute atomic E-state index is 5.35. The van der Waals surface area contributed by atoms with E-state index < -0.39 is 0 Å². The number of aromatic nitrogens is 4. The van der Waals surface area contributed by atoms with E-state index in [1.54, 1.807) is 12.4 Å². The third-order valence-corrected chi connectivity index (χ3v) is 3.21. The Morgan fingerprint density at radius 1 is 1.25 bits per heavy atom. The van der Waals surface area contributed by atoms with Crippen LogP contribution in [0.4, 0.5) is 5.82 Å². The van der Waals surface area contributed by atoms with Gasteiger partial charge in [0.2, 0.25) is 0 Å². The van der Waals surface area contributed by atoms with Crippen LogP contribution in [0.25, 0.3) is 0 Å². The van der Waals surface area contributed by atoms with Crippen molar-refractivity contribution in [3.8, 4) is 0 Å². The Hall–Kier alpha value is -1.73. The molecule has 6 nitrogen and oxygen atoms in total. The van der Waals surface area contributed by atoms with Crippen molar-refractivity contribution < 1.29 is 4.74 Å². The number of ether oxygens (including phenoxy) is 1. The molecule has 0 aliphatic heterocycles. The second-order valence-corrected chi connectivity index (χ2v) is 5.03. The van der Waals surface area contributed by atoms with Gasteiger partial charge in [0.05, 0.1) is 0 Å². The van der Waals surface area contributed by atoms with Gasteiger partial charge in [0.1, 0.15) is 17.5 Å². The van der Waals surface area contributed by atoms with Crippen LogP contribution in [0.1, 0.15) is 18.3 Å². The Morgan fingerprint density at radius 3 is 2.65 bits per heavy atom. The molecule has 0 fully saturated rings. The maximum Gasteiger partial charge on any atom is 0.193 e. The van der Waals surface area contributed by atoms with Crippen LogP contribution in [-0.4, -0.2) is 33.6 Å². The molecule has 2 aromatic heterocycles. The molecular weight excluding hydrogens is 274 g/mol. The third kappa shape index (κ3) is 4.14. The van der Waals surface area contributed by atoms with E-state index in [1.165, 1.54) is 11.8 Å². The molecule has 2 rings (SSSR count). The topological polar surface area (TPSA) is 72.8 Å². The van der Waals surface area contributed by atoms with Crippen LogP contribution in [0.3, 0.4) is 0 Å². The average molecular weight is 291 g/mol. The summed E-state index contributed by atoms with van der Waals surface area (Å²) in [5, 5.41) is 4.48. The van der Waals surface area contributed by atoms with Crippen molar-refractivity contribution in [1.29, 1.82) is 0 Å². The molecule has 0 amide bonds. The molecule has 0 aliphatic carbocycles. The Balaban J connectivity index is 2.19. The van der Waals surface area contributed by atoms with E-state index in [0.717, 1.165) is 16.4 Å². The molecule has 0 unspecified atom stereocenters. The number of nitrogens with one attached hydrogen (secondary N) is 1. The van der Waals surface area contributed by atoms with Gasteiger partial charge in [-0.05, 0) is 31.2 Å². The summed E-state index contributed by atoms with van der Waals surface area (Å²) in [6.45, 7) is 4.93. The van der Waals surface area contributed by atoms with E-state index >= 15 is 0 Å². The first-order chi connectivity index (χ1) is 9.71. The summed E-state index contributed by atoms with van der Waals surface area (Å²) in [7, 11) is 1.82. The fraction of sp³-hybridized carbons (Fsp3) is 0.385. The zero-order valence-corrected chi connectivity index (χ0v) is 12.6. The predicted molar refractivity (Wildman–Crippen MR) is 77.8 cm³/mol. The van der Waals surface area contributed by atoms with Crippen LogP contribution in [0.15, 0.2) is 28.6 Å². The van der Waals surface area contributed by atoms with Crippen LogP contribution in [0, 0.1) is 6.92 Å². The third-order valence-electron chi connectivity index (χ3n) is 2.39. The Bertz CT molecular complexity index is 561. The molecule has 20 heavy (non-hydrogen) atoms. The zero-order chi connectivity index (χ0) is 14.4. The van der Waals surface area contributed by atoms with Gasteiger partial charge in [-0.3, -0.25) is 0 Å². The van der Waals surface area contributed by atoms with Crippen molar-refractivity contribution in [2.45, 2.75) is 30.6 Å². The SMILES string of the molecule is CCOCc1nc(NC)cc(Sc2ncc(C)cn2)n1. The lowest BCUT2D eigenvalue weighted by molar-refractivity contribution is 0.128. The molecule has 0 radical (unpaired) electrons. The first kappa shape index (κ1) is 14.7. The maximum atomic E-state index is 5.35. The number of rotatable bonds is 6. The van der Waals surface area contributed by atoms with Gasteiger partial charge in [0, 0.05) is 32.1 Å². The smallest absolute Gasteiger partial charge is 0.193 e. The predicted octanol–water partition coefficient (Wildman–Crippen LogP) is 2.30. The Kier molecular flexibility index (Phi) is 5.25. The monoisotopic (exact) mass is 291 g/mol. The molecular formula is C13H17N5OS. The quantitative estimate of drug-likeness (QED) is 0.646. The van der Waals surface area contributed by atoms with E-state index in [0.29, 0.717) is 24.2 Å². The largest absolute Gasteiger partial charge is 0.374 e. The number of nitrogens with zero attached hydrogens (tertiary/aromatic N) is 4. The van der Waals surface area contributed by atoms with Crippen molar-refractivity contribution in [2.24, 2.45) is 0 Å². The van der Waals surface area contributed by atoms with Gasteiger partial charge in [-0.1, -0.05) is 0 Å². The number of aryl methyl sites for hydroxylation is 1. The molecule has 0 bridgehead atoms. The molecule has 2 heterocycles. The molecule has 0 saturated carbocycles. The summed E-state index contributed by atoms with van der Waals surface area (Å²) >= 11 is 1.40. The molecule has 2 aromatic rings. The summed E-state index contributed by atoms with van der Waals surface area (Å²) < 4.78 is 5.35. The second kappa shape index (κ2) is 7.16. The number of hydrogen-bond acceptors (Lipinski definition) is 7. The summed E-state index contributed by atoms with van der Waals surface area (Å²) in [6, 6.07) is 1.86. The van der Waals surface area contributed by atoms with Crippen LogP contribution in [0.5, 0.6) is 0 Å². The highest BCUT2D eigenvalue weighted by Crippen LogP contribution is 2.24. The van der Waals surface area contributed by atoms with Gasteiger partial charge < -0.3 is 10.1 Å². The minimum absolute atomic E-state index is 0.397. The Labute approximate surface area is 122 Å². The number of hydrogen-bond donors (Lipinski definition) is 1. The normalized spacial score (nSPS) is 10.6. The van der Waals surface area contributed by atoms with E-state index in [4.69, 9.17) is 4.74 Å². The highest BCUT2D eigenvalue weighted by Gasteiger charge is 2.07. The van der Waals surface area contributed by atoms with E-state index in [-0.39, 0.29) is 0 Å². The second-order valence-electron chi connectivity index (χ2n) is 4.04. The van der Waals surface area contributed by atoms with Crippen molar-refractivity contribution >= 4 is 17.6 Å². The summed E-state index contributed by atoms with van der Waals surface area (Å²) in [6.07, 6.45) is 3.58. The molecule has 106 valence electrons. The lowest BCUT2D eigenvalue weighted by Gasteiger charge is -2.07. The van der Waals surface area contributed by atoms with Gasteiger partial charge in [-0.25, -0.2) is 19.9 Å². The van der Waals surface area contributed by atoms with Crippen molar-refractivity contribution in [3.63, 3.8) is 0 Å². The van der Waals surface area contributed by atoms with Gasteiger partial charge >= 0.3 is 0 Å². The van der Waals surface area contributed by atoms with Gasteiger partial charge in [0.25, 0.3) is 0 Å². The summed E-state index contributed by atoms with van der Waals surface area (Å²) in [4.78, 5) is 17.3. The van der Waals surface area contributed by atoms with Crippen molar-refractivity contribution in [2.75, 3.05) is 19.0 Å². The fourth-order valence-electron chi connectivity index (χ4n) is 1.44. The van der Waals surface area contributed by atoms with E-state index in [2.05, 4.69) is 25.3 Å². The molecule has 0 aromatic carbocycles. The molecule has 0 spiro atoms. The van der Waals surface area contributed by atoms with Crippen molar-refractivity contribution in [1.82, 2.24) is 19.9 Å². The zero-order valence-electron chi connectivity index (χ0n) is 11.8. The van der Waals surface area contributed by atoms with Crippen molar-refractivity contribution in [3.05, 3.63) is 29.8 Å². The highest BCUT2D eigenvalue weighted by atomic mass is 32.2. The number of anilines is 1. The molecule has 0 saturated heterocycles. The lowest BCUT2D eigenvalue weighted by Crippen LogP contribution is -2.03. The molecule has 0 aliphatic rings. The van der Waals surface area contributed by atoms with Gasteiger partial charge in [-0.2, -0.15) is 0 Å². The van der Waals surface area contributed by atoms with Gasteiger partial charge in [-0.15, -0.1) is 0 Å². The van der Waals surface area contributed by atoms with Crippen LogP contribution >= 0.6 is 11.8 Å². The summed E-state index contributed by atoms with van der Waals surface area (Å²) in [5.74, 6) is 1.40. The van der Waals surface area contributed by atoms with E-state index in [1.807, 2.05) is 27.0 Å². The Morgan fingerprint density at radius 2 is 2.00 bits per heavy atom. The standard InChI is InChI=1S/C13H17N5OS/c1-4-19-8-11-17-10(14-3)5-12(18-11)20-13-15-6-9(2)7-16-13/h5-7H,4,8H2,1-3H3,(H,14,17,18). The highest BCUT2D eigenvalue weighted by molar-refractivity contribution is 7.99. The van der Waals surface area contributed by atoms with Gasteiger partial charge in [0.15, 0.2) is 11.0 Å². The fourth-order valence-corrected chi connectivity index (χ4v) is 2.16. The van der Waals surface area contributed by atoms with Crippen LogP contribution < -0.4 is 5.32 Å². The first-order valence-electron chi connectivity index (χ1n) is 6.31. The van der Waals surface area contributed by atoms with Crippen LogP contribution in [-0.2, 0) is 11.3 Å². The minimum Gasteiger partial charge on any atom is -0.374 e. The molecule has 7 heteroatoms. The lowest BCUT2D eigenvalue weighted by atomic mass is 10.4. The van der Waals surface area contributed by atoms with Crippen LogP contribution in [0.2, 0.25) is 0 Å². The molecule has 1 N–H and O–H groups in total. The average Bonchev–Trinajstić information content (AvgIpc) is 2.47. The van der Waals surface area contributed by atoms with E-state index in [9.17, 15) is 0 Å². The minimum atomic E-state index is 0.397. The summed E-state index contributed by atoms with van der Waals surface area (Å²) in [5.41, 5.74) is 1.03. The molecule has 0 atom stereocenters.